The van der Waals surface area contributed by atoms with Crippen molar-refractivity contribution in [2.24, 2.45) is 7.05 Å². The van der Waals surface area contributed by atoms with Gasteiger partial charge < -0.3 is 10.0 Å². The first kappa shape index (κ1) is 16.1. The first-order valence-corrected chi connectivity index (χ1v) is 8.80. The van der Waals surface area contributed by atoms with Crippen molar-refractivity contribution < 1.29 is 9.90 Å². The van der Waals surface area contributed by atoms with Crippen molar-refractivity contribution in [1.82, 2.24) is 19.7 Å². The standard InChI is InChI=1S/C16H22N4O2S/c1-11-14(23-15(18-11)12-9-17-19(2)10-12)16(22)20-7-3-5-13(20)6-4-8-21/h9-10,13,21H,3-8H2,1-2H3. The molecule has 1 N–H and O–H groups in total. The van der Waals surface area contributed by atoms with Crippen molar-refractivity contribution in [1.29, 1.82) is 0 Å². The van der Waals surface area contributed by atoms with E-state index in [2.05, 4.69) is 10.1 Å². The molecule has 0 radical (unpaired) electrons. The molecule has 1 atom stereocenters. The lowest BCUT2D eigenvalue weighted by Gasteiger charge is -2.24. The van der Waals surface area contributed by atoms with E-state index in [0.717, 1.165) is 53.4 Å². The Bertz CT molecular complexity index is 694. The van der Waals surface area contributed by atoms with Crippen LogP contribution in [0.1, 0.15) is 41.0 Å². The second kappa shape index (κ2) is 6.80. The number of likely N-dealkylation sites (tertiary alicyclic amines) is 1. The summed E-state index contributed by atoms with van der Waals surface area (Å²) in [6, 6.07) is 0.248. The maximum atomic E-state index is 12.9. The summed E-state index contributed by atoms with van der Waals surface area (Å²) >= 11 is 1.44. The van der Waals surface area contributed by atoms with E-state index in [1.54, 1.807) is 10.9 Å². The Labute approximate surface area is 139 Å². The topological polar surface area (TPSA) is 71.2 Å². The van der Waals surface area contributed by atoms with Crippen molar-refractivity contribution in [2.45, 2.75) is 38.6 Å². The van der Waals surface area contributed by atoms with Crippen LogP contribution in [0.3, 0.4) is 0 Å². The molecule has 0 aromatic carbocycles. The lowest BCUT2D eigenvalue weighted by Crippen LogP contribution is -2.35. The Morgan fingerprint density at radius 1 is 1.52 bits per heavy atom. The van der Waals surface area contributed by atoms with Crippen LogP contribution in [-0.4, -0.2) is 49.9 Å². The highest BCUT2D eigenvalue weighted by Crippen LogP contribution is 2.31. The van der Waals surface area contributed by atoms with Gasteiger partial charge in [-0.05, 0) is 32.6 Å². The number of hydrogen-bond acceptors (Lipinski definition) is 5. The lowest BCUT2D eigenvalue weighted by atomic mass is 10.1. The number of aliphatic hydroxyl groups is 1. The van der Waals surface area contributed by atoms with E-state index in [1.165, 1.54) is 11.3 Å². The van der Waals surface area contributed by atoms with Crippen LogP contribution in [0.15, 0.2) is 12.4 Å². The van der Waals surface area contributed by atoms with E-state index >= 15 is 0 Å². The molecule has 0 spiro atoms. The van der Waals surface area contributed by atoms with Crippen LogP contribution >= 0.6 is 11.3 Å². The predicted octanol–water partition coefficient (Wildman–Crippen LogP) is 2.23. The van der Waals surface area contributed by atoms with Crippen LogP contribution in [-0.2, 0) is 7.05 Å². The maximum absolute atomic E-state index is 12.9. The lowest BCUT2D eigenvalue weighted by molar-refractivity contribution is 0.0728. The van der Waals surface area contributed by atoms with Crippen LogP contribution in [0.25, 0.3) is 10.6 Å². The smallest absolute Gasteiger partial charge is 0.266 e. The van der Waals surface area contributed by atoms with Gasteiger partial charge in [0.15, 0.2) is 0 Å². The van der Waals surface area contributed by atoms with Crippen LogP contribution in [0.5, 0.6) is 0 Å². The fourth-order valence-electron chi connectivity index (χ4n) is 3.11. The molecular formula is C16H22N4O2S. The zero-order valence-electron chi connectivity index (χ0n) is 13.5. The van der Waals surface area contributed by atoms with Crippen LogP contribution in [0.2, 0.25) is 0 Å². The molecule has 2 aromatic heterocycles. The number of nitrogens with zero attached hydrogens (tertiary/aromatic N) is 4. The van der Waals surface area contributed by atoms with E-state index in [1.807, 2.05) is 25.1 Å². The van der Waals surface area contributed by atoms with Crippen molar-refractivity contribution >= 4 is 17.2 Å². The van der Waals surface area contributed by atoms with Gasteiger partial charge in [-0.25, -0.2) is 4.98 Å². The normalized spacial score (nSPS) is 17.9. The average molecular weight is 334 g/mol. The van der Waals surface area contributed by atoms with Gasteiger partial charge in [0.2, 0.25) is 0 Å². The molecule has 1 unspecified atom stereocenters. The summed E-state index contributed by atoms with van der Waals surface area (Å²) in [6.45, 7) is 2.88. The van der Waals surface area contributed by atoms with Gasteiger partial charge >= 0.3 is 0 Å². The average Bonchev–Trinajstić information content (AvgIpc) is 3.24. The third-order valence-corrected chi connectivity index (χ3v) is 5.47. The van der Waals surface area contributed by atoms with Crippen LogP contribution in [0.4, 0.5) is 0 Å². The molecular weight excluding hydrogens is 312 g/mol. The molecule has 7 heteroatoms. The monoisotopic (exact) mass is 334 g/mol. The molecule has 1 fully saturated rings. The minimum absolute atomic E-state index is 0.0792. The summed E-state index contributed by atoms with van der Waals surface area (Å²) < 4.78 is 1.74. The largest absolute Gasteiger partial charge is 0.396 e. The SMILES string of the molecule is Cc1nc(-c2cnn(C)c2)sc1C(=O)N1CCCC1CCCO. The first-order chi connectivity index (χ1) is 11.1. The Balaban J connectivity index is 1.81. The van der Waals surface area contributed by atoms with Gasteiger partial charge in [0, 0.05) is 38.0 Å². The molecule has 0 aliphatic carbocycles. The van der Waals surface area contributed by atoms with Gasteiger partial charge in [-0.1, -0.05) is 0 Å². The molecule has 23 heavy (non-hydrogen) atoms. The van der Waals surface area contributed by atoms with Crippen molar-refractivity contribution in [2.75, 3.05) is 13.2 Å². The number of aliphatic hydroxyl groups excluding tert-OH is 1. The summed E-state index contributed by atoms with van der Waals surface area (Å²) in [5, 5.41) is 14.0. The Morgan fingerprint density at radius 3 is 3.04 bits per heavy atom. The van der Waals surface area contributed by atoms with Gasteiger partial charge in [0.05, 0.1) is 11.9 Å². The zero-order valence-corrected chi connectivity index (χ0v) is 14.3. The van der Waals surface area contributed by atoms with Crippen molar-refractivity contribution in [3.8, 4) is 10.6 Å². The van der Waals surface area contributed by atoms with Gasteiger partial charge in [-0.3, -0.25) is 9.48 Å². The molecule has 2 aromatic rings. The number of thiazole rings is 1. The second-order valence-electron chi connectivity index (χ2n) is 6.00. The number of carbonyl (C=O) groups is 1. The van der Waals surface area contributed by atoms with E-state index in [4.69, 9.17) is 5.11 Å². The Morgan fingerprint density at radius 2 is 2.35 bits per heavy atom. The van der Waals surface area contributed by atoms with Crippen molar-refractivity contribution in [3.05, 3.63) is 23.0 Å². The van der Waals surface area contributed by atoms with Gasteiger partial charge in [-0.2, -0.15) is 5.10 Å². The summed E-state index contributed by atoms with van der Waals surface area (Å²) in [4.78, 5) is 20.1. The number of amides is 1. The molecule has 1 aliphatic heterocycles. The molecule has 0 bridgehead atoms. The molecule has 124 valence electrons. The summed E-state index contributed by atoms with van der Waals surface area (Å²) in [5.74, 6) is 0.0792. The number of carbonyl (C=O) groups excluding carboxylic acids is 1. The third kappa shape index (κ3) is 3.30. The second-order valence-corrected chi connectivity index (χ2v) is 7.00. The molecule has 1 aliphatic rings. The number of aryl methyl sites for hydroxylation is 2. The van der Waals surface area contributed by atoms with Gasteiger partial charge in [0.25, 0.3) is 5.91 Å². The van der Waals surface area contributed by atoms with E-state index < -0.39 is 0 Å². The highest BCUT2D eigenvalue weighted by molar-refractivity contribution is 7.17. The minimum atomic E-state index is 0.0792. The highest BCUT2D eigenvalue weighted by Gasteiger charge is 2.31. The van der Waals surface area contributed by atoms with E-state index in [0.29, 0.717) is 0 Å². The quantitative estimate of drug-likeness (QED) is 0.910. The Hall–Kier alpha value is -1.73. The van der Waals surface area contributed by atoms with Gasteiger partial charge in [-0.15, -0.1) is 11.3 Å². The fraction of sp³-hybridized carbons (Fsp3) is 0.562. The third-order valence-electron chi connectivity index (χ3n) is 4.28. The van der Waals surface area contributed by atoms with Crippen LogP contribution < -0.4 is 0 Å². The molecule has 1 amide bonds. The number of rotatable bonds is 5. The minimum Gasteiger partial charge on any atom is -0.396 e. The first-order valence-electron chi connectivity index (χ1n) is 7.98. The fourth-order valence-corrected chi connectivity index (χ4v) is 4.11. The summed E-state index contributed by atoms with van der Waals surface area (Å²) in [5.41, 5.74) is 1.73. The molecule has 6 nitrogen and oxygen atoms in total. The molecule has 3 rings (SSSR count). The van der Waals surface area contributed by atoms with E-state index in [-0.39, 0.29) is 18.6 Å². The predicted molar refractivity (Wildman–Crippen MR) is 89.4 cm³/mol. The summed E-state index contributed by atoms with van der Waals surface area (Å²) in [6.07, 6.45) is 7.36. The number of hydrogen-bond donors (Lipinski definition) is 1. The molecule has 1 saturated heterocycles. The van der Waals surface area contributed by atoms with Crippen molar-refractivity contribution in [3.63, 3.8) is 0 Å². The zero-order chi connectivity index (χ0) is 16.4. The Kier molecular flexibility index (Phi) is 4.77. The maximum Gasteiger partial charge on any atom is 0.266 e. The van der Waals surface area contributed by atoms with Gasteiger partial charge in [0.1, 0.15) is 9.88 Å². The highest BCUT2D eigenvalue weighted by atomic mass is 32.1. The molecule has 3 heterocycles. The van der Waals surface area contributed by atoms with E-state index in [9.17, 15) is 4.79 Å². The molecule has 0 saturated carbocycles. The summed E-state index contributed by atoms with van der Waals surface area (Å²) in [7, 11) is 1.87. The van der Waals surface area contributed by atoms with Crippen LogP contribution in [0, 0.1) is 6.92 Å². The number of aromatic nitrogens is 3.